The zero-order chi connectivity index (χ0) is 14.8. The first-order valence-electron chi connectivity index (χ1n) is 6.70. The zero-order valence-electron chi connectivity index (χ0n) is 11.3. The molecule has 2 aromatic heterocycles. The summed E-state index contributed by atoms with van der Waals surface area (Å²) in [4.78, 5) is 21.2. The van der Waals surface area contributed by atoms with Gasteiger partial charge in [0, 0.05) is 25.5 Å². The summed E-state index contributed by atoms with van der Waals surface area (Å²) in [6.07, 6.45) is 6.91. The summed E-state index contributed by atoms with van der Waals surface area (Å²) >= 11 is 6.20. The molecular weight excluding hydrogens is 292 g/mol. The van der Waals surface area contributed by atoms with E-state index in [0.717, 1.165) is 31.6 Å². The third-order valence-electron chi connectivity index (χ3n) is 3.59. The monoisotopic (exact) mass is 306 g/mol. The molecule has 0 aromatic carbocycles. The van der Waals surface area contributed by atoms with Crippen LogP contribution in [-0.4, -0.2) is 38.7 Å². The van der Waals surface area contributed by atoms with Gasteiger partial charge >= 0.3 is 0 Å². The van der Waals surface area contributed by atoms with E-state index in [-0.39, 0.29) is 11.9 Å². The number of piperidine rings is 1. The molecule has 0 saturated carbocycles. The fourth-order valence-corrected chi connectivity index (χ4v) is 2.82. The standard InChI is InChI=1S/C13H15ClN6O/c14-10-6-16-4-3-11(10)19-5-1-2-9(7-19)20-8-17-13(18-20)12(15)21/h3-4,6,8-9H,1-2,5,7H2,(H2,15,21)/t9-/m0/s1. The summed E-state index contributed by atoms with van der Waals surface area (Å²) in [5, 5.41) is 4.78. The first-order valence-corrected chi connectivity index (χ1v) is 7.08. The largest absolute Gasteiger partial charge is 0.368 e. The molecule has 1 fully saturated rings. The lowest BCUT2D eigenvalue weighted by molar-refractivity contribution is 0.0990. The Kier molecular flexibility index (Phi) is 3.74. The smallest absolute Gasteiger partial charge is 0.288 e. The normalized spacial score (nSPS) is 18.7. The summed E-state index contributed by atoms with van der Waals surface area (Å²) in [6, 6.07) is 2.05. The number of anilines is 1. The average Bonchev–Trinajstić information content (AvgIpc) is 2.98. The van der Waals surface area contributed by atoms with Crippen LogP contribution in [0.5, 0.6) is 0 Å². The summed E-state index contributed by atoms with van der Waals surface area (Å²) in [5.41, 5.74) is 6.15. The lowest BCUT2D eigenvalue weighted by Crippen LogP contribution is -2.37. The number of aromatic nitrogens is 4. The quantitative estimate of drug-likeness (QED) is 0.922. The Hall–Kier alpha value is -2.15. The number of primary amides is 1. The molecule has 0 radical (unpaired) electrons. The first kappa shape index (κ1) is 13.8. The number of pyridine rings is 1. The van der Waals surface area contributed by atoms with Crippen LogP contribution >= 0.6 is 11.6 Å². The number of rotatable bonds is 3. The molecule has 1 saturated heterocycles. The van der Waals surface area contributed by atoms with E-state index in [1.807, 2.05) is 6.07 Å². The van der Waals surface area contributed by atoms with E-state index in [4.69, 9.17) is 17.3 Å². The predicted octanol–water partition coefficient (Wildman–Crippen LogP) is 1.27. The Balaban J connectivity index is 1.79. The molecule has 3 heterocycles. The second kappa shape index (κ2) is 5.69. The molecule has 0 bridgehead atoms. The van der Waals surface area contributed by atoms with Gasteiger partial charge in [0.15, 0.2) is 0 Å². The molecule has 8 heteroatoms. The van der Waals surface area contributed by atoms with Gasteiger partial charge < -0.3 is 10.6 Å². The number of carbonyl (C=O) groups is 1. The van der Waals surface area contributed by atoms with Crippen LogP contribution in [-0.2, 0) is 0 Å². The Morgan fingerprint density at radius 1 is 1.48 bits per heavy atom. The average molecular weight is 307 g/mol. The van der Waals surface area contributed by atoms with Crippen molar-refractivity contribution in [1.29, 1.82) is 0 Å². The topological polar surface area (TPSA) is 89.9 Å². The van der Waals surface area contributed by atoms with Crippen LogP contribution in [0, 0.1) is 0 Å². The third-order valence-corrected chi connectivity index (χ3v) is 3.88. The van der Waals surface area contributed by atoms with E-state index in [2.05, 4.69) is 20.0 Å². The second-order valence-electron chi connectivity index (χ2n) is 4.98. The van der Waals surface area contributed by atoms with E-state index in [1.165, 1.54) is 0 Å². The van der Waals surface area contributed by atoms with Crippen molar-refractivity contribution in [1.82, 2.24) is 19.7 Å². The van der Waals surface area contributed by atoms with Crippen molar-refractivity contribution in [3.63, 3.8) is 0 Å². The lowest BCUT2D eigenvalue weighted by atomic mass is 10.1. The number of nitrogens with two attached hydrogens (primary N) is 1. The number of carbonyl (C=O) groups excluding carboxylic acids is 1. The number of hydrogen-bond donors (Lipinski definition) is 1. The van der Waals surface area contributed by atoms with Crippen LogP contribution in [0.4, 0.5) is 5.69 Å². The van der Waals surface area contributed by atoms with E-state index >= 15 is 0 Å². The summed E-state index contributed by atoms with van der Waals surface area (Å²) in [6.45, 7) is 1.68. The summed E-state index contributed by atoms with van der Waals surface area (Å²) in [7, 11) is 0. The molecule has 1 amide bonds. The van der Waals surface area contributed by atoms with Crippen LogP contribution in [0.15, 0.2) is 24.8 Å². The Bertz CT molecular complexity index is 658. The fraction of sp³-hybridized carbons (Fsp3) is 0.385. The van der Waals surface area contributed by atoms with Gasteiger partial charge in [-0.2, -0.15) is 0 Å². The minimum atomic E-state index is -0.612. The molecule has 21 heavy (non-hydrogen) atoms. The number of halogens is 1. The van der Waals surface area contributed by atoms with Gasteiger partial charge in [-0.05, 0) is 18.9 Å². The molecule has 0 aliphatic carbocycles. The van der Waals surface area contributed by atoms with E-state index in [1.54, 1.807) is 23.4 Å². The van der Waals surface area contributed by atoms with Crippen molar-refractivity contribution < 1.29 is 4.79 Å². The van der Waals surface area contributed by atoms with Gasteiger partial charge in [-0.3, -0.25) is 9.78 Å². The fourth-order valence-electron chi connectivity index (χ4n) is 2.58. The molecule has 7 nitrogen and oxygen atoms in total. The molecule has 0 spiro atoms. The highest BCUT2D eigenvalue weighted by Crippen LogP contribution is 2.30. The highest BCUT2D eigenvalue weighted by molar-refractivity contribution is 6.33. The van der Waals surface area contributed by atoms with Gasteiger partial charge in [-0.15, -0.1) is 5.10 Å². The number of amides is 1. The van der Waals surface area contributed by atoms with Crippen molar-refractivity contribution in [2.24, 2.45) is 5.73 Å². The zero-order valence-corrected chi connectivity index (χ0v) is 12.1. The van der Waals surface area contributed by atoms with Crippen molar-refractivity contribution in [3.8, 4) is 0 Å². The van der Waals surface area contributed by atoms with E-state index in [0.29, 0.717) is 5.02 Å². The van der Waals surface area contributed by atoms with Crippen molar-refractivity contribution in [3.05, 3.63) is 35.6 Å². The van der Waals surface area contributed by atoms with E-state index < -0.39 is 5.91 Å². The number of hydrogen-bond acceptors (Lipinski definition) is 5. The van der Waals surface area contributed by atoms with Gasteiger partial charge in [0.2, 0.25) is 5.82 Å². The molecular formula is C13H15ClN6O. The van der Waals surface area contributed by atoms with Crippen molar-refractivity contribution in [2.75, 3.05) is 18.0 Å². The molecule has 1 atom stereocenters. The lowest BCUT2D eigenvalue weighted by Gasteiger charge is -2.34. The van der Waals surface area contributed by atoms with Crippen LogP contribution in [0.3, 0.4) is 0 Å². The Morgan fingerprint density at radius 3 is 3.05 bits per heavy atom. The molecule has 0 unspecified atom stereocenters. The third kappa shape index (κ3) is 2.82. The summed E-state index contributed by atoms with van der Waals surface area (Å²) in [5.74, 6) is -0.562. The van der Waals surface area contributed by atoms with Crippen molar-refractivity contribution in [2.45, 2.75) is 18.9 Å². The second-order valence-corrected chi connectivity index (χ2v) is 5.39. The van der Waals surface area contributed by atoms with Gasteiger partial charge in [0.05, 0.1) is 16.8 Å². The van der Waals surface area contributed by atoms with Gasteiger partial charge in [-0.1, -0.05) is 11.6 Å². The van der Waals surface area contributed by atoms with Crippen LogP contribution in [0.2, 0.25) is 5.02 Å². The predicted molar refractivity (Wildman–Crippen MR) is 78.3 cm³/mol. The number of nitrogens with zero attached hydrogens (tertiary/aromatic N) is 5. The maximum atomic E-state index is 11.1. The van der Waals surface area contributed by atoms with Gasteiger partial charge in [-0.25, -0.2) is 9.67 Å². The Morgan fingerprint density at radius 2 is 2.33 bits per heavy atom. The van der Waals surface area contributed by atoms with E-state index in [9.17, 15) is 4.79 Å². The van der Waals surface area contributed by atoms with Crippen LogP contribution in [0.1, 0.15) is 29.5 Å². The first-order chi connectivity index (χ1) is 10.1. The highest BCUT2D eigenvalue weighted by atomic mass is 35.5. The van der Waals surface area contributed by atoms with Gasteiger partial charge in [0.25, 0.3) is 5.91 Å². The SMILES string of the molecule is NC(=O)c1ncn([C@H]2CCCN(c3ccncc3Cl)C2)n1. The van der Waals surface area contributed by atoms with Crippen LogP contribution in [0.25, 0.3) is 0 Å². The molecule has 2 aromatic rings. The van der Waals surface area contributed by atoms with Crippen LogP contribution < -0.4 is 10.6 Å². The van der Waals surface area contributed by atoms with Gasteiger partial charge in [0.1, 0.15) is 6.33 Å². The highest BCUT2D eigenvalue weighted by Gasteiger charge is 2.24. The molecule has 1 aliphatic heterocycles. The molecule has 2 N–H and O–H groups in total. The molecule has 1 aliphatic rings. The molecule has 3 rings (SSSR count). The minimum Gasteiger partial charge on any atom is -0.368 e. The minimum absolute atomic E-state index is 0.0501. The molecule has 110 valence electrons. The summed E-state index contributed by atoms with van der Waals surface area (Å²) < 4.78 is 1.71. The maximum Gasteiger partial charge on any atom is 0.288 e. The maximum absolute atomic E-state index is 11.1. The van der Waals surface area contributed by atoms with Crippen molar-refractivity contribution >= 4 is 23.2 Å². The Labute approximate surface area is 126 Å².